The zero-order valence-corrected chi connectivity index (χ0v) is 27.5. The normalized spacial score (nSPS) is 23.3. The summed E-state index contributed by atoms with van der Waals surface area (Å²) in [6.45, 7) is 4.25. The number of terminal acetylenes is 1. The van der Waals surface area contributed by atoms with E-state index < -0.39 is 12.2 Å². The molecule has 0 aliphatic carbocycles. The number of imidazole rings is 1. The van der Waals surface area contributed by atoms with Gasteiger partial charge in [0.1, 0.15) is 0 Å². The van der Waals surface area contributed by atoms with Crippen molar-refractivity contribution in [3.05, 3.63) is 63.0 Å². The first-order valence-electron chi connectivity index (χ1n) is 16.6. The molecular weight excluding hydrogens is 618 g/mol. The number of hydrogen-bond acceptors (Lipinski definition) is 7. The van der Waals surface area contributed by atoms with Crippen molar-refractivity contribution < 1.29 is 14.3 Å². The number of nitrogens with one attached hydrogen (secondary N) is 1. The Morgan fingerprint density at radius 1 is 1.02 bits per heavy atom. The van der Waals surface area contributed by atoms with Crippen molar-refractivity contribution in [3.8, 4) is 12.3 Å². The molecule has 4 saturated heterocycles. The largest absolute Gasteiger partial charge is 0.436 e. The molecule has 4 aliphatic rings. The van der Waals surface area contributed by atoms with Crippen molar-refractivity contribution >= 4 is 40.3 Å². The Bertz CT molecular complexity index is 1760. The first kappa shape index (κ1) is 31.6. The molecule has 1 aromatic heterocycles. The molecule has 47 heavy (non-hydrogen) atoms. The lowest BCUT2D eigenvalue weighted by Crippen LogP contribution is -2.54. The summed E-state index contributed by atoms with van der Waals surface area (Å²) in [5, 5.41) is 0.300. The number of anilines is 1. The molecule has 4 fully saturated rings. The number of piperidine rings is 2. The van der Waals surface area contributed by atoms with E-state index in [-0.39, 0.29) is 24.1 Å². The van der Waals surface area contributed by atoms with Crippen LogP contribution >= 0.6 is 11.6 Å². The van der Waals surface area contributed by atoms with Gasteiger partial charge in [0.05, 0.1) is 21.7 Å². The number of H-pyrrole nitrogens is 1. The molecule has 0 radical (unpaired) electrons. The van der Waals surface area contributed by atoms with Crippen LogP contribution in [0.25, 0.3) is 11.0 Å². The molecule has 3 atom stereocenters. The summed E-state index contributed by atoms with van der Waals surface area (Å²) < 4.78 is 7.82. The monoisotopic (exact) mass is 659 g/mol. The Labute approximate surface area is 279 Å². The molecule has 3 aromatic rings. The van der Waals surface area contributed by atoms with E-state index in [2.05, 4.69) is 27.8 Å². The van der Waals surface area contributed by atoms with E-state index in [1.165, 1.54) is 6.42 Å². The number of piperazine rings is 1. The second-order valence-corrected chi connectivity index (χ2v) is 13.9. The van der Waals surface area contributed by atoms with Gasteiger partial charge in [-0.15, -0.1) is 6.42 Å². The average molecular weight is 660 g/mol. The molecule has 11 nitrogen and oxygen atoms in total. The summed E-state index contributed by atoms with van der Waals surface area (Å²) in [5.74, 6) is 2.34. The molecule has 2 aromatic carbocycles. The van der Waals surface area contributed by atoms with Gasteiger partial charge in [0.15, 0.2) is 6.10 Å². The second-order valence-electron chi connectivity index (χ2n) is 13.5. The molecule has 3 N–H and O–H groups in total. The van der Waals surface area contributed by atoms with E-state index in [0.717, 1.165) is 37.0 Å². The molecule has 248 valence electrons. The predicted molar refractivity (Wildman–Crippen MR) is 181 cm³/mol. The van der Waals surface area contributed by atoms with Crippen LogP contribution in [0.5, 0.6) is 0 Å². The van der Waals surface area contributed by atoms with Crippen molar-refractivity contribution in [2.45, 2.75) is 68.8 Å². The van der Waals surface area contributed by atoms with Crippen molar-refractivity contribution in [2.24, 2.45) is 0 Å². The van der Waals surface area contributed by atoms with Gasteiger partial charge in [0.2, 0.25) is 0 Å². The fraction of sp³-hybridized carbons (Fsp3) is 0.514. The highest BCUT2D eigenvalue weighted by molar-refractivity contribution is 6.33. The SMILES string of the molecule is C#Cc1cc(C[C@@H](OC(=O)N2CCC(n3c(=O)[nH]c4ccccc43)CC2)C(=O)N2CCC(N3CC4CC3CN4C)CC2)cc(Cl)c1N. The Morgan fingerprint density at radius 2 is 1.72 bits per heavy atom. The van der Waals surface area contributed by atoms with Gasteiger partial charge >= 0.3 is 11.8 Å². The number of rotatable bonds is 6. The van der Waals surface area contributed by atoms with Gasteiger partial charge in [-0.25, -0.2) is 9.59 Å². The third-order valence-electron chi connectivity index (χ3n) is 10.8. The van der Waals surface area contributed by atoms with Crippen LogP contribution in [-0.4, -0.2) is 112 Å². The molecule has 0 saturated carbocycles. The highest BCUT2D eigenvalue weighted by Gasteiger charge is 2.45. The van der Waals surface area contributed by atoms with Gasteiger partial charge in [-0.05, 0) is 69.0 Å². The first-order valence-corrected chi connectivity index (χ1v) is 17.0. The fourth-order valence-electron chi connectivity index (χ4n) is 8.21. The van der Waals surface area contributed by atoms with Crippen LogP contribution in [0.15, 0.2) is 41.2 Å². The molecule has 4 aliphatic heterocycles. The van der Waals surface area contributed by atoms with Gasteiger partial charge in [0, 0.05) is 75.4 Å². The number of carbonyl (C=O) groups excluding carboxylic acids is 2. The van der Waals surface area contributed by atoms with Crippen LogP contribution in [0.4, 0.5) is 10.5 Å². The zero-order chi connectivity index (χ0) is 32.8. The summed E-state index contributed by atoms with van der Waals surface area (Å²) in [5.41, 5.74) is 8.96. The number of ether oxygens (including phenoxy) is 1. The number of likely N-dealkylation sites (tertiary alicyclic amines) is 4. The number of halogens is 1. The highest BCUT2D eigenvalue weighted by Crippen LogP contribution is 2.34. The summed E-state index contributed by atoms with van der Waals surface area (Å²) >= 11 is 6.39. The summed E-state index contributed by atoms with van der Waals surface area (Å²) in [6, 6.07) is 12.7. The molecular formula is C35H42ClN7O4. The van der Waals surface area contributed by atoms with E-state index in [0.29, 0.717) is 79.0 Å². The van der Waals surface area contributed by atoms with Crippen LogP contribution < -0.4 is 11.4 Å². The Hall–Kier alpha value is -3.98. The van der Waals surface area contributed by atoms with E-state index in [4.69, 9.17) is 28.5 Å². The Kier molecular flexibility index (Phi) is 8.68. The maximum atomic E-state index is 14.1. The number of nitrogen functional groups attached to an aromatic ring is 1. The van der Waals surface area contributed by atoms with E-state index >= 15 is 0 Å². The maximum absolute atomic E-state index is 14.1. The molecule has 2 bridgehead atoms. The first-order chi connectivity index (χ1) is 22.7. The molecule has 7 rings (SSSR count). The van der Waals surface area contributed by atoms with Crippen molar-refractivity contribution in [3.63, 3.8) is 0 Å². The zero-order valence-electron chi connectivity index (χ0n) is 26.7. The van der Waals surface area contributed by atoms with E-state index in [1.54, 1.807) is 21.6 Å². The standard InChI is InChI=1S/C35H42ClN7O4/c1-3-23-16-22(17-28(36)32(23)37)18-31(33(44)40-12-8-24(9-13-40)42-21-26-19-27(42)20-39(26)2)47-35(46)41-14-10-25(11-15-41)43-30-7-5-4-6-29(30)38-34(43)45/h1,4-7,16-17,24-27,31H,8-15,18-21,37H2,2H3,(H,38,45)/t26?,27?,31-/m1/s1. The topological polar surface area (TPSA) is 120 Å². The van der Waals surface area contributed by atoms with Crippen LogP contribution in [-0.2, 0) is 16.0 Å². The third-order valence-corrected chi connectivity index (χ3v) is 11.1. The van der Waals surface area contributed by atoms with E-state index in [1.807, 2.05) is 29.2 Å². The summed E-state index contributed by atoms with van der Waals surface area (Å²) in [4.78, 5) is 51.9. The highest BCUT2D eigenvalue weighted by atomic mass is 35.5. The van der Waals surface area contributed by atoms with Crippen molar-refractivity contribution in [2.75, 3.05) is 52.0 Å². The summed E-state index contributed by atoms with van der Waals surface area (Å²) in [6.07, 6.45) is 8.42. The van der Waals surface area contributed by atoms with Crippen molar-refractivity contribution in [1.82, 2.24) is 29.2 Å². The van der Waals surface area contributed by atoms with Gasteiger partial charge in [-0.3, -0.25) is 14.3 Å². The van der Waals surface area contributed by atoms with Gasteiger partial charge in [0.25, 0.3) is 5.91 Å². The molecule has 5 heterocycles. The van der Waals surface area contributed by atoms with Crippen LogP contribution in [0, 0.1) is 12.3 Å². The van der Waals surface area contributed by atoms with Crippen LogP contribution in [0.3, 0.4) is 0 Å². The quantitative estimate of drug-likeness (QED) is 0.308. The second kappa shape index (κ2) is 12.9. The van der Waals surface area contributed by atoms with Gasteiger partial charge < -0.3 is 30.2 Å². The van der Waals surface area contributed by atoms with E-state index in [9.17, 15) is 14.4 Å². The third kappa shape index (κ3) is 6.10. The molecule has 12 heteroatoms. The number of amides is 2. The number of aromatic nitrogens is 2. The van der Waals surface area contributed by atoms with Gasteiger partial charge in [-0.2, -0.15) is 0 Å². The lowest BCUT2D eigenvalue weighted by molar-refractivity contribution is -0.142. The van der Waals surface area contributed by atoms with Crippen LogP contribution in [0.2, 0.25) is 5.02 Å². The minimum absolute atomic E-state index is 0.0493. The average Bonchev–Trinajstić information content (AvgIpc) is 3.77. The summed E-state index contributed by atoms with van der Waals surface area (Å²) in [7, 11) is 2.21. The predicted octanol–water partition coefficient (Wildman–Crippen LogP) is 3.31. The molecule has 2 unspecified atom stereocenters. The van der Waals surface area contributed by atoms with Gasteiger partial charge in [-0.1, -0.05) is 29.7 Å². The number of likely N-dealkylation sites (N-methyl/N-ethyl adjacent to an activating group) is 1. The fourth-order valence-corrected chi connectivity index (χ4v) is 8.45. The lowest BCUT2D eigenvalue weighted by Gasteiger charge is -2.42. The number of nitrogens with two attached hydrogens (primary N) is 1. The smallest absolute Gasteiger partial charge is 0.410 e. The number of benzene rings is 2. The number of fused-ring (bicyclic) bond motifs is 3. The minimum atomic E-state index is -1.05. The number of nitrogens with zero attached hydrogens (tertiary/aromatic N) is 5. The van der Waals surface area contributed by atoms with Crippen LogP contribution in [0.1, 0.15) is 49.3 Å². The minimum Gasteiger partial charge on any atom is -0.436 e. The van der Waals surface area contributed by atoms with Crippen molar-refractivity contribution in [1.29, 1.82) is 0 Å². The lowest BCUT2D eigenvalue weighted by atomic mass is 9.99. The molecule has 2 amide bonds. The Morgan fingerprint density at radius 3 is 2.40 bits per heavy atom. The number of aromatic amines is 1. The number of para-hydroxylation sites is 2. The maximum Gasteiger partial charge on any atom is 0.410 e. The number of hydrogen-bond donors (Lipinski definition) is 2. The molecule has 0 spiro atoms. The number of carbonyl (C=O) groups is 2. The Balaban J connectivity index is 1.03.